The minimum atomic E-state index is -4.09. The lowest BCUT2D eigenvalue weighted by Gasteiger charge is -2.08. The summed E-state index contributed by atoms with van der Waals surface area (Å²) < 4.78 is 34.3. The Morgan fingerprint density at radius 1 is 0.975 bits per heavy atom. The second kappa shape index (κ2) is 11.6. The second-order valence-electron chi connectivity index (χ2n) is 9.09. The van der Waals surface area contributed by atoms with Crippen molar-refractivity contribution in [1.29, 1.82) is 5.26 Å². The summed E-state index contributed by atoms with van der Waals surface area (Å²) in [6.07, 6.45) is 3.06. The highest BCUT2D eigenvalue weighted by Gasteiger charge is 2.22. The van der Waals surface area contributed by atoms with Gasteiger partial charge in [0, 0.05) is 22.3 Å². The van der Waals surface area contributed by atoms with Crippen molar-refractivity contribution < 1.29 is 13.2 Å². The lowest BCUT2D eigenvalue weighted by atomic mass is 10.1. The van der Waals surface area contributed by atoms with Crippen LogP contribution in [0.2, 0.25) is 5.02 Å². The largest absolute Gasteiger partial charge is 0.489 e. The van der Waals surface area contributed by atoms with Gasteiger partial charge in [-0.25, -0.2) is 13.1 Å². The lowest BCUT2D eigenvalue weighted by Crippen LogP contribution is -2.03. The van der Waals surface area contributed by atoms with Gasteiger partial charge in [0.1, 0.15) is 29.0 Å². The molecule has 0 N–H and O–H groups in total. The van der Waals surface area contributed by atoms with Crippen molar-refractivity contribution in [2.24, 2.45) is 0 Å². The van der Waals surface area contributed by atoms with Gasteiger partial charge in [-0.05, 0) is 67.1 Å². The first kappa shape index (κ1) is 26.9. The molecule has 40 heavy (non-hydrogen) atoms. The molecular formula is C32H24ClN3O3S. The maximum atomic E-state index is 13.3. The third kappa shape index (κ3) is 5.99. The standard InChI is InChI=1S/C32H24ClN3O3S/c1-23-10-12-24(13-11-23)22-39-29-9-5-6-25(18-29)32-26(21-36(35-32)28-7-3-2-4-8-28)19-31(20-34)40(37,38)30-16-14-27(33)15-17-30/h2-19,21H,22H2,1H3. The zero-order valence-electron chi connectivity index (χ0n) is 21.5. The fraction of sp³-hybridized carbons (Fsp3) is 0.0625. The Kier molecular flexibility index (Phi) is 7.83. The number of aryl methyl sites for hydroxylation is 1. The zero-order chi connectivity index (χ0) is 28.1. The number of hydrogen-bond donors (Lipinski definition) is 0. The average molecular weight is 566 g/mol. The Balaban J connectivity index is 1.55. The molecule has 5 aromatic rings. The molecule has 0 aliphatic rings. The van der Waals surface area contributed by atoms with Gasteiger partial charge in [-0.1, -0.05) is 71.8 Å². The van der Waals surface area contributed by atoms with Gasteiger partial charge in [-0.2, -0.15) is 10.4 Å². The van der Waals surface area contributed by atoms with Crippen molar-refractivity contribution in [3.05, 3.63) is 136 Å². The van der Waals surface area contributed by atoms with Crippen molar-refractivity contribution in [3.63, 3.8) is 0 Å². The minimum absolute atomic E-state index is 0.0202. The van der Waals surface area contributed by atoms with E-state index in [2.05, 4.69) is 0 Å². The van der Waals surface area contributed by atoms with Crippen molar-refractivity contribution in [2.75, 3.05) is 0 Å². The topological polar surface area (TPSA) is 85.0 Å². The van der Waals surface area contributed by atoms with E-state index in [4.69, 9.17) is 21.4 Å². The summed E-state index contributed by atoms with van der Waals surface area (Å²) in [6.45, 7) is 2.43. The Hall–Kier alpha value is -4.64. The first-order valence-corrected chi connectivity index (χ1v) is 14.3. The summed E-state index contributed by atoms with van der Waals surface area (Å²) >= 11 is 5.94. The Labute approximate surface area is 238 Å². The van der Waals surface area contributed by atoms with Crippen molar-refractivity contribution in [3.8, 4) is 28.8 Å². The van der Waals surface area contributed by atoms with Crippen LogP contribution in [0, 0.1) is 18.3 Å². The van der Waals surface area contributed by atoms with Gasteiger partial charge in [0.15, 0.2) is 0 Å². The maximum absolute atomic E-state index is 13.3. The molecule has 0 spiro atoms. The molecule has 6 nitrogen and oxygen atoms in total. The van der Waals surface area contributed by atoms with Crippen LogP contribution < -0.4 is 4.74 Å². The lowest BCUT2D eigenvalue weighted by molar-refractivity contribution is 0.306. The molecule has 0 aliphatic carbocycles. The third-order valence-corrected chi connectivity index (χ3v) is 8.14. The van der Waals surface area contributed by atoms with Gasteiger partial charge in [-0.3, -0.25) is 0 Å². The van der Waals surface area contributed by atoms with E-state index < -0.39 is 14.7 Å². The predicted molar refractivity (Wildman–Crippen MR) is 157 cm³/mol. The van der Waals surface area contributed by atoms with Crippen LogP contribution in [-0.2, 0) is 16.4 Å². The first-order valence-electron chi connectivity index (χ1n) is 12.4. The molecule has 0 bridgehead atoms. The van der Waals surface area contributed by atoms with Gasteiger partial charge in [0.05, 0.1) is 10.6 Å². The van der Waals surface area contributed by atoms with E-state index >= 15 is 0 Å². The van der Waals surface area contributed by atoms with Crippen LogP contribution in [0.25, 0.3) is 23.0 Å². The molecule has 0 atom stereocenters. The molecule has 0 unspecified atom stereocenters. The predicted octanol–water partition coefficient (Wildman–Crippen LogP) is 7.42. The number of ether oxygens (including phenoxy) is 1. The fourth-order valence-corrected chi connectivity index (χ4v) is 5.34. The Bertz CT molecular complexity index is 1820. The number of aromatic nitrogens is 2. The van der Waals surface area contributed by atoms with Crippen LogP contribution in [-0.4, -0.2) is 18.2 Å². The monoisotopic (exact) mass is 565 g/mol. The quantitative estimate of drug-likeness (QED) is 0.183. The molecule has 5 rings (SSSR count). The molecular weight excluding hydrogens is 542 g/mol. The van der Waals surface area contributed by atoms with Gasteiger partial charge >= 0.3 is 0 Å². The van der Waals surface area contributed by atoms with Crippen molar-refractivity contribution >= 4 is 27.5 Å². The summed E-state index contributed by atoms with van der Waals surface area (Å²) in [4.78, 5) is -0.427. The minimum Gasteiger partial charge on any atom is -0.489 e. The fourth-order valence-electron chi connectivity index (χ4n) is 4.07. The molecule has 8 heteroatoms. The van der Waals surface area contributed by atoms with E-state index in [1.807, 2.05) is 91.9 Å². The highest BCUT2D eigenvalue weighted by molar-refractivity contribution is 7.95. The van der Waals surface area contributed by atoms with Gasteiger partial charge in [-0.15, -0.1) is 0 Å². The highest BCUT2D eigenvalue weighted by Crippen LogP contribution is 2.31. The summed E-state index contributed by atoms with van der Waals surface area (Å²) in [5.41, 5.74) is 4.68. The second-order valence-corrected chi connectivity index (χ2v) is 11.4. The summed E-state index contributed by atoms with van der Waals surface area (Å²) in [5, 5.41) is 15.1. The summed E-state index contributed by atoms with van der Waals surface area (Å²) in [5.74, 6) is 0.636. The smallest absolute Gasteiger partial charge is 0.216 e. The van der Waals surface area contributed by atoms with Crippen molar-refractivity contribution in [2.45, 2.75) is 18.4 Å². The first-order chi connectivity index (χ1) is 19.3. The van der Waals surface area contributed by atoms with Crippen LogP contribution in [0.15, 0.2) is 119 Å². The Morgan fingerprint density at radius 3 is 2.40 bits per heavy atom. The van der Waals surface area contributed by atoms with E-state index in [0.717, 1.165) is 11.3 Å². The summed E-state index contributed by atoms with van der Waals surface area (Å²) in [6, 6.07) is 32.6. The number of sulfone groups is 1. The molecule has 0 saturated heterocycles. The molecule has 0 aliphatic heterocycles. The highest BCUT2D eigenvalue weighted by atomic mass is 35.5. The Morgan fingerprint density at radius 2 is 1.70 bits per heavy atom. The number of benzene rings is 4. The third-order valence-electron chi connectivity index (χ3n) is 6.21. The van der Waals surface area contributed by atoms with Crippen LogP contribution in [0.1, 0.15) is 16.7 Å². The maximum Gasteiger partial charge on any atom is 0.216 e. The average Bonchev–Trinajstić information content (AvgIpc) is 3.40. The molecule has 0 fully saturated rings. The number of hydrogen-bond acceptors (Lipinski definition) is 5. The van der Waals surface area contributed by atoms with Crippen LogP contribution in [0.4, 0.5) is 0 Å². The van der Waals surface area contributed by atoms with E-state index in [1.165, 1.54) is 35.9 Å². The normalized spacial score (nSPS) is 11.7. The molecule has 1 heterocycles. The molecule has 198 valence electrons. The SMILES string of the molecule is Cc1ccc(COc2cccc(-c3nn(-c4ccccc4)cc3C=C(C#N)S(=O)(=O)c3ccc(Cl)cc3)c2)cc1. The van der Waals surface area contributed by atoms with Gasteiger partial charge in [0.2, 0.25) is 9.84 Å². The number of para-hydroxylation sites is 1. The molecule has 0 saturated carbocycles. The molecule has 0 radical (unpaired) electrons. The zero-order valence-corrected chi connectivity index (χ0v) is 23.1. The van der Waals surface area contributed by atoms with Gasteiger partial charge in [0.25, 0.3) is 0 Å². The van der Waals surface area contributed by atoms with Crippen LogP contribution in [0.5, 0.6) is 5.75 Å². The molecule has 0 amide bonds. The van der Waals surface area contributed by atoms with Crippen LogP contribution >= 0.6 is 11.6 Å². The van der Waals surface area contributed by atoms with Gasteiger partial charge < -0.3 is 4.74 Å². The van der Waals surface area contributed by atoms with E-state index in [0.29, 0.717) is 34.2 Å². The number of nitriles is 1. The molecule has 4 aromatic carbocycles. The van der Waals surface area contributed by atoms with E-state index in [-0.39, 0.29) is 4.90 Å². The van der Waals surface area contributed by atoms with Crippen molar-refractivity contribution in [1.82, 2.24) is 9.78 Å². The number of nitrogens with zero attached hydrogens (tertiary/aromatic N) is 3. The van der Waals surface area contributed by atoms with Crippen LogP contribution in [0.3, 0.4) is 0 Å². The van der Waals surface area contributed by atoms with E-state index in [9.17, 15) is 13.7 Å². The van der Waals surface area contributed by atoms with E-state index in [1.54, 1.807) is 10.9 Å². The number of halogens is 1. The summed E-state index contributed by atoms with van der Waals surface area (Å²) in [7, 11) is -4.09. The molecule has 1 aromatic heterocycles. The number of allylic oxidation sites excluding steroid dienone is 1. The number of rotatable bonds is 8.